The molecule has 0 fully saturated rings. The Balaban J connectivity index is 1.75. The second-order valence-corrected chi connectivity index (χ2v) is 8.22. The number of nitrogens with zero attached hydrogens (tertiary/aromatic N) is 3. The molecule has 0 saturated heterocycles. The van der Waals surface area contributed by atoms with Crippen molar-refractivity contribution < 1.29 is 14.1 Å². The van der Waals surface area contributed by atoms with E-state index >= 15 is 0 Å². The monoisotopic (exact) mass is 446 g/mol. The zero-order chi connectivity index (χ0) is 23.4. The van der Waals surface area contributed by atoms with Crippen molar-refractivity contribution in [3.05, 3.63) is 76.8 Å². The number of benzene rings is 2. The molecule has 2 amide bonds. The molecule has 0 aliphatic carbocycles. The number of hydrogen-bond donors (Lipinski definition) is 1. The molecule has 1 N–H and O–H groups in total. The molecule has 1 unspecified atom stereocenters. The van der Waals surface area contributed by atoms with Gasteiger partial charge in [0.15, 0.2) is 0 Å². The normalized spacial score (nSPS) is 16.3. The highest BCUT2D eigenvalue weighted by atomic mass is 16.5. The third-order valence-electron chi connectivity index (χ3n) is 6.02. The summed E-state index contributed by atoms with van der Waals surface area (Å²) in [6.07, 6.45) is 0.735. The smallest absolute Gasteiger partial charge is 0.322 e. The van der Waals surface area contributed by atoms with Gasteiger partial charge in [-0.15, -0.1) is 0 Å². The van der Waals surface area contributed by atoms with Gasteiger partial charge in [-0.3, -0.25) is 4.90 Å². The van der Waals surface area contributed by atoms with E-state index in [1.807, 2.05) is 50.2 Å². The van der Waals surface area contributed by atoms with E-state index in [4.69, 9.17) is 14.2 Å². The van der Waals surface area contributed by atoms with E-state index in [-0.39, 0.29) is 12.1 Å². The molecule has 0 bridgehead atoms. The van der Waals surface area contributed by atoms with Crippen LogP contribution in [0.15, 0.2) is 58.8 Å². The Hall–Kier alpha value is -3.45. The number of carbonyl (C=O) groups excluding carboxylic acids is 1. The van der Waals surface area contributed by atoms with Crippen molar-refractivity contribution in [1.82, 2.24) is 20.4 Å². The third kappa shape index (κ3) is 4.83. The number of allylic oxidation sites excluding steroid dienone is 1. The number of aromatic nitrogens is 2. The predicted molar refractivity (Wildman–Crippen MR) is 127 cm³/mol. The SMILES string of the molecule is CCOCCCN1C(=O)NC(c2ccc(C)c(C)c2)C(c2nc(-c3ccccc3)no2)=C1C. The Morgan fingerprint density at radius 2 is 1.88 bits per heavy atom. The molecule has 1 aliphatic heterocycles. The lowest BCUT2D eigenvalue weighted by atomic mass is 9.92. The van der Waals surface area contributed by atoms with Gasteiger partial charge in [0.25, 0.3) is 5.89 Å². The Morgan fingerprint density at radius 3 is 2.61 bits per heavy atom. The van der Waals surface area contributed by atoms with E-state index in [9.17, 15) is 4.79 Å². The fourth-order valence-electron chi connectivity index (χ4n) is 4.03. The van der Waals surface area contributed by atoms with Crippen LogP contribution in [-0.4, -0.2) is 40.8 Å². The molecule has 1 aromatic heterocycles. The van der Waals surface area contributed by atoms with Gasteiger partial charge in [0.05, 0.1) is 11.6 Å². The number of nitrogens with one attached hydrogen (secondary N) is 1. The average molecular weight is 447 g/mol. The maximum Gasteiger partial charge on any atom is 0.322 e. The maximum absolute atomic E-state index is 13.1. The van der Waals surface area contributed by atoms with E-state index in [0.717, 1.165) is 34.4 Å². The molecule has 7 heteroatoms. The van der Waals surface area contributed by atoms with Crippen LogP contribution in [0, 0.1) is 13.8 Å². The van der Waals surface area contributed by atoms with Gasteiger partial charge in [-0.1, -0.05) is 53.7 Å². The summed E-state index contributed by atoms with van der Waals surface area (Å²) < 4.78 is 11.2. The van der Waals surface area contributed by atoms with Crippen LogP contribution in [0.1, 0.15) is 48.9 Å². The lowest BCUT2D eigenvalue weighted by molar-refractivity contribution is 0.136. The first-order valence-corrected chi connectivity index (χ1v) is 11.3. The molecule has 3 aromatic rings. The number of urea groups is 1. The molecular weight excluding hydrogens is 416 g/mol. The van der Waals surface area contributed by atoms with E-state index in [1.165, 1.54) is 5.56 Å². The predicted octanol–water partition coefficient (Wildman–Crippen LogP) is 5.28. The van der Waals surface area contributed by atoms with Crippen molar-refractivity contribution in [1.29, 1.82) is 0 Å². The summed E-state index contributed by atoms with van der Waals surface area (Å²) in [7, 11) is 0. The molecule has 0 spiro atoms. The van der Waals surface area contributed by atoms with Crippen molar-refractivity contribution in [2.24, 2.45) is 0 Å². The summed E-state index contributed by atoms with van der Waals surface area (Å²) in [5.41, 5.74) is 5.83. The summed E-state index contributed by atoms with van der Waals surface area (Å²) in [4.78, 5) is 19.5. The highest BCUT2D eigenvalue weighted by molar-refractivity contribution is 5.86. The lowest BCUT2D eigenvalue weighted by Gasteiger charge is -2.35. The van der Waals surface area contributed by atoms with Crippen molar-refractivity contribution in [2.75, 3.05) is 19.8 Å². The number of carbonyl (C=O) groups is 1. The summed E-state index contributed by atoms with van der Waals surface area (Å²) in [5, 5.41) is 7.37. The van der Waals surface area contributed by atoms with E-state index < -0.39 is 0 Å². The van der Waals surface area contributed by atoms with Crippen LogP contribution in [0.2, 0.25) is 0 Å². The first-order chi connectivity index (χ1) is 16.0. The fourth-order valence-corrected chi connectivity index (χ4v) is 4.03. The van der Waals surface area contributed by atoms with Gasteiger partial charge in [0.1, 0.15) is 0 Å². The van der Waals surface area contributed by atoms with Crippen LogP contribution in [0.5, 0.6) is 0 Å². The second-order valence-electron chi connectivity index (χ2n) is 8.22. The van der Waals surface area contributed by atoms with Gasteiger partial charge in [-0.05, 0) is 50.8 Å². The van der Waals surface area contributed by atoms with Crippen LogP contribution < -0.4 is 5.32 Å². The molecule has 1 atom stereocenters. The Morgan fingerprint density at radius 1 is 1.09 bits per heavy atom. The standard InChI is InChI=1S/C26H30N4O3/c1-5-32-15-9-14-30-19(4)22(25-28-24(29-33-25)20-10-7-6-8-11-20)23(27-26(30)31)21-13-12-17(2)18(3)16-21/h6-8,10-13,16,23H,5,9,14-15H2,1-4H3,(H,27,31). The third-order valence-corrected chi connectivity index (χ3v) is 6.02. The first-order valence-electron chi connectivity index (χ1n) is 11.3. The minimum atomic E-state index is -0.385. The van der Waals surface area contributed by atoms with Gasteiger partial charge < -0.3 is 14.6 Å². The van der Waals surface area contributed by atoms with E-state index in [2.05, 4.69) is 36.5 Å². The van der Waals surface area contributed by atoms with Crippen LogP contribution >= 0.6 is 0 Å². The zero-order valence-electron chi connectivity index (χ0n) is 19.6. The average Bonchev–Trinajstić information content (AvgIpc) is 3.30. The Labute approximate surface area is 194 Å². The summed E-state index contributed by atoms with van der Waals surface area (Å²) in [6.45, 7) is 9.85. The van der Waals surface area contributed by atoms with Crippen LogP contribution in [0.25, 0.3) is 17.0 Å². The number of amides is 2. The van der Waals surface area contributed by atoms with Crippen molar-refractivity contribution in [2.45, 2.75) is 40.2 Å². The number of rotatable bonds is 8. The largest absolute Gasteiger partial charge is 0.382 e. The highest BCUT2D eigenvalue weighted by Crippen LogP contribution is 2.37. The molecular formula is C26H30N4O3. The molecule has 0 saturated carbocycles. The first kappa shape index (κ1) is 22.7. The Kier molecular flexibility index (Phi) is 6.89. The Bertz CT molecular complexity index is 1150. The quantitative estimate of drug-likeness (QED) is 0.476. The molecule has 1 aliphatic rings. The van der Waals surface area contributed by atoms with Gasteiger partial charge in [-0.25, -0.2) is 4.79 Å². The van der Waals surface area contributed by atoms with E-state index in [0.29, 0.717) is 31.5 Å². The van der Waals surface area contributed by atoms with Crippen LogP contribution in [0.3, 0.4) is 0 Å². The molecule has 2 heterocycles. The minimum absolute atomic E-state index is 0.140. The summed E-state index contributed by atoms with van der Waals surface area (Å²) >= 11 is 0. The van der Waals surface area contributed by atoms with Crippen molar-refractivity contribution in [3.63, 3.8) is 0 Å². The number of hydrogen-bond acceptors (Lipinski definition) is 5. The van der Waals surface area contributed by atoms with E-state index in [1.54, 1.807) is 4.90 Å². The zero-order valence-corrected chi connectivity index (χ0v) is 19.6. The van der Waals surface area contributed by atoms with Gasteiger partial charge in [0, 0.05) is 31.0 Å². The maximum atomic E-state index is 13.1. The summed E-state index contributed by atoms with van der Waals surface area (Å²) in [5.74, 6) is 0.925. The molecule has 33 heavy (non-hydrogen) atoms. The molecule has 172 valence electrons. The number of aryl methyl sites for hydroxylation is 2. The number of ether oxygens (including phenoxy) is 1. The summed E-state index contributed by atoms with van der Waals surface area (Å²) in [6, 6.07) is 15.4. The fraction of sp³-hybridized carbons (Fsp3) is 0.346. The lowest BCUT2D eigenvalue weighted by Crippen LogP contribution is -2.46. The van der Waals surface area contributed by atoms with Gasteiger partial charge >= 0.3 is 6.03 Å². The highest BCUT2D eigenvalue weighted by Gasteiger charge is 2.35. The van der Waals surface area contributed by atoms with Crippen molar-refractivity contribution >= 4 is 11.6 Å². The van der Waals surface area contributed by atoms with Crippen LogP contribution in [0.4, 0.5) is 4.79 Å². The molecule has 2 aromatic carbocycles. The van der Waals surface area contributed by atoms with Gasteiger partial charge in [-0.2, -0.15) is 4.98 Å². The van der Waals surface area contributed by atoms with Gasteiger partial charge in [0.2, 0.25) is 5.82 Å². The molecule has 4 rings (SSSR count). The van der Waals surface area contributed by atoms with Crippen LogP contribution in [-0.2, 0) is 4.74 Å². The van der Waals surface area contributed by atoms with Crippen molar-refractivity contribution in [3.8, 4) is 11.4 Å². The molecule has 7 nitrogen and oxygen atoms in total. The minimum Gasteiger partial charge on any atom is -0.382 e. The topological polar surface area (TPSA) is 80.5 Å². The second kappa shape index (κ2) is 10.0. The molecule has 0 radical (unpaired) electrons.